The van der Waals surface area contributed by atoms with Gasteiger partial charge in [0.1, 0.15) is 6.04 Å². The molecule has 54 heavy (non-hydrogen) atoms. The van der Waals surface area contributed by atoms with E-state index in [0.717, 1.165) is 63.7 Å². The molecule has 2 aliphatic heterocycles. The molecular formula is C43H70N2O9. The SMILES string of the molecule is CC/C(=C(\C1CCC(O)CC1)C1CCC(OCCOCCOCCOCCOC2CCCC3C(=O)N(C4CCC(=O)NC4=O)CC23)CC1)C1CCCCC1. The zero-order valence-electron chi connectivity index (χ0n) is 33.2. The third-order valence-corrected chi connectivity index (χ3v) is 13.6. The molecule has 2 saturated heterocycles. The van der Waals surface area contributed by atoms with Crippen LogP contribution in [0.3, 0.4) is 0 Å². The highest BCUT2D eigenvalue weighted by molar-refractivity contribution is 6.02. The second-order valence-corrected chi connectivity index (χ2v) is 16.9. The molecular weight excluding hydrogens is 688 g/mol. The molecule has 0 bridgehead atoms. The first kappa shape index (κ1) is 41.7. The summed E-state index contributed by atoms with van der Waals surface area (Å²) in [7, 11) is 0. The van der Waals surface area contributed by atoms with Crippen LogP contribution in [0.1, 0.15) is 129 Å². The Balaban J connectivity index is 0.786. The van der Waals surface area contributed by atoms with E-state index in [4.69, 9.17) is 23.7 Å². The van der Waals surface area contributed by atoms with E-state index in [0.29, 0.717) is 83.8 Å². The number of fused-ring (bicyclic) bond motifs is 1. The molecule has 6 rings (SSSR count). The van der Waals surface area contributed by atoms with Gasteiger partial charge in [0.15, 0.2) is 0 Å². The number of nitrogens with one attached hydrogen (secondary N) is 1. The van der Waals surface area contributed by atoms with Gasteiger partial charge in [-0.05, 0) is 108 Å². The maximum absolute atomic E-state index is 13.1. The summed E-state index contributed by atoms with van der Waals surface area (Å²) in [5, 5.41) is 12.6. The average Bonchev–Trinajstić information content (AvgIpc) is 3.53. The summed E-state index contributed by atoms with van der Waals surface area (Å²) >= 11 is 0. The second kappa shape index (κ2) is 21.6. The summed E-state index contributed by atoms with van der Waals surface area (Å²) in [5.74, 6) is 1.52. The van der Waals surface area contributed by atoms with Crippen molar-refractivity contribution in [3.8, 4) is 0 Å². The average molecular weight is 759 g/mol. The van der Waals surface area contributed by atoms with Crippen LogP contribution in [0, 0.1) is 29.6 Å². The fourth-order valence-corrected chi connectivity index (χ4v) is 10.8. The van der Waals surface area contributed by atoms with Gasteiger partial charge >= 0.3 is 0 Å². The number of aliphatic hydroxyl groups excluding tert-OH is 1. The van der Waals surface area contributed by atoms with Crippen molar-refractivity contribution in [1.29, 1.82) is 0 Å². The molecule has 4 atom stereocenters. The first-order valence-electron chi connectivity index (χ1n) is 21.9. The standard InChI is InChI=1S/C43H70N2O9/c1-2-35(30-7-4-3-5-8-30)41(31-11-15-33(46)16-12-31)32-13-17-34(18-14-32)53-27-25-51-23-21-50-22-24-52-26-28-54-39-10-6-9-36-37(39)29-45(43(36)49)38-19-20-40(47)44-42(38)48/h30-34,36-39,46H,2-29H2,1H3,(H,44,47,48)/b41-35-. The smallest absolute Gasteiger partial charge is 0.249 e. The van der Waals surface area contributed by atoms with Gasteiger partial charge in [0.2, 0.25) is 17.7 Å². The van der Waals surface area contributed by atoms with E-state index in [1.54, 1.807) is 10.5 Å². The number of piperidine rings is 1. The molecule has 0 aromatic carbocycles. The number of hydrogen-bond acceptors (Lipinski definition) is 9. The molecule has 6 fully saturated rings. The van der Waals surface area contributed by atoms with E-state index in [1.165, 1.54) is 51.4 Å². The van der Waals surface area contributed by atoms with Crippen LogP contribution >= 0.6 is 0 Å². The molecule has 4 aliphatic carbocycles. The number of rotatable bonds is 19. The molecule has 4 unspecified atom stereocenters. The predicted octanol–water partition coefficient (Wildman–Crippen LogP) is 5.90. The fourth-order valence-electron chi connectivity index (χ4n) is 10.8. The molecule has 0 radical (unpaired) electrons. The van der Waals surface area contributed by atoms with Gasteiger partial charge in [0.05, 0.1) is 71.2 Å². The predicted molar refractivity (Wildman–Crippen MR) is 204 cm³/mol. The summed E-state index contributed by atoms with van der Waals surface area (Å²) in [6, 6.07) is -0.552. The van der Waals surface area contributed by atoms with Gasteiger partial charge in [-0.1, -0.05) is 43.8 Å². The number of allylic oxidation sites excluding steroid dienone is 2. The molecule has 306 valence electrons. The normalized spacial score (nSPS) is 33.1. The van der Waals surface area contributed by atoms with Gasteiger partial charge in [-0.3, -0.25) is 19.7 Å². The molecule has 4 saturated carbocycles. The van der Waals surface area contributed by atoms with Gasteiger partial charge in [-0.15, -0.1) is 0 Å². The molecule has 3 amide bonds. The van der Waals surface area contributed by atoms with Crippen molar-refractivity contribution in [1.82, 2.24) is 10.2 Å². The van der Waals surface area contributed by atoms with Crippen LogP contribution in [0.25, 0.3) is 0 Å². The Labute approximate surface area is 323 Å². The van der Waals surface area contributed by atoms with Gasteiger partial charge in [-0.25, -0.2) is 0 Å². The van der Waals surface area contributed by atoms with Crippen molar-refractivity contribution in [2.45, 2.75) is 153 Å². The highest BCUT2D eigenvalue weighted by Crippen LogP contribution is 2.46. The number of imide groups is 1. The molecule has 2 heterocycles. The Morgan fingerprint density at radius 3 is 1.91 bits per heavy atom. The van der Waals surface area contributed by atoms with Gasteiger partial charge in [0.25, 0.3) is 0 Å². The van der Waals surface area contributed by atoms with Crippen molar-refractivity contribution >= 4 is 17.7 Å². The van der Waals surface area contributed by atoms with Crippen LogP contribution in [-0.2, 0) is 38.1 Å². The monoisotopic (exact) mass is 759 g/mol. The number of amides is 3. The summed E-state index contributed by atoms with van der Waals surface area (Å²) in [6.45, 7) is 7.03. The summed E-state index contributed by atoms with van der Waals surface area (Å²) in [4.78, 5) is 38.8. The van der Waals surface area contributed by atoms with Gasteiger partial charge in [0, 0.05) is 24.8 Å². The number of nitrogens with zero attached hydrogens (tertiary/aromatic N) is 1. The van der Waals surface area contributed by atoms with E-state index < -0.39 is 6.04 Å². The Kier molecular flexibility index (Phi) is 16.7. The van der Waals surface area contributed by atoms with E-state index in [9.17, 15) is 19.5 Å². The summed E-state index contributed by atoms with van der Waals surface area (Å²) in [6.07, 6.45) is 20.6. The van der Waals surface area contributed by atoms with E-state index >= 15 is 0 Å². The lowest BCUT2D eigenvalue weighted by Crippen LogP contribution is -2.53. The number of carbonyl (C=O) groups excluding carboxylic acids is 3. The Morgan fingerprint density at radius 2 is 1.28 bits per heavy atom. The van der Waals surface area contributed by atoms with E-state index in [-0.39, 0.29) is 48.2 Å². The number of likely N-dealkylation sites (tertiary alicyclic amines) is 1. The molecule has 11 heteroatoms. The lowest BCUT2D eigenvalue weighted by Gasteiger charge is -2.39. The molecule has 2 N–H and O–H groups in total. The minimum Gasteiger partial charge on any atom is -0.393 e. The third-order valence-electron chi connectivity index (χ3n) is 13.6. The van der Waals surface area contributed by atoms with E-state index in [2.05, 4.69) is 12.2 Å². The van der Waals surface area contributed by atoms with Crippen molar-refractivity contribution in [3.05, 3.63) is 11.1 Å². The van der Waals surface area contributed by atoms with Gasteiger partial charge < -0.3 is 33.7 Å². The summed E-state index contributed by atoms with van der Waals surface area (Å²) < 4.78 is 29.7. The summed E-state index contributed by atoms with van der Waals surface area (Å²) in [5.41, 5.74) is 3.62. The Bertz CT molecular complexity index is 1220. The minimum atomic E-state index is -0.552. The van der Waals surface area contributed by atoms with Crippen LogP contribution in [0.2, 0.25) is 0 Å². The Morgan fingerprint density at radius 1 is 0.667 bits per heavy atom. The topological polar surface area (TPSA) is 133 Å². The molecule has 6 aliphatic rings. The third kappa shape index (κ3) is 11.4. The first-order valence-corrected chi connectivity index (χ1v) is 21.9. The highest BCUT2D eigenvalue weighted by Gasteiger charge is 2.50. The first-order chi connectivity index (χ1) is 26.4. The molecule has 11 nitrogen and oxygen atoms in total. The Hall–Kier alpha value is -1.89. The maximum Gasteiger partial charge on any atom is 0.249 e. The van der Waals surface area contributed by atoms with Crippen LogP contribution < -0.4 is 5.32 Å². The van der Waals surface area contributed by atoms with E-state index in [1.807, 2.05) is 5.57 Å². The lowest BCUT2D eigenvalue weighted by atomic mass is 9.68. The molecule has 0 aromatic heterocycles. The molecule has 0 aromatic rings. The minimum absolute atomic E-state index is 0.0278. The number of ether oxygens (including phenoxy) is 5. The number of aliphatic hydroxyl groups is 1. The lowest BCUT2D eigenvalue weighted by molar-refractivity contribution is -0.144. The number of hydrogen-bond donors (Lipinski definition) is 2. The quantitative estimate of drug-likeness (QED) is 0.0940. The van der Waals surface area contributed by atoms with Crippen molar-refractivity contribution < 1.29 is 43.2 Å². The zero-order valence-corrected chi connectivity index (χ0v) is 33.2. The zero-order chi connectivity index (χ0) is 37.7. The maximum atomic E-state index is 13.1. The van der Waals surface area contributed by atoms with Crippen molar-refractivity contribution in [2.24, 2.45) is 29.6 Å². The van der Waals surface area contributed by atoms with Crippen LogP contribution in [0.5, 0.6) is 0 Å². The van der Waals surface area contributed by atoms with Crippen molar-refractivity contribution in [2.75, 3.05) is 59.4 Å². The number of carbonyl (C=O) groups is 3. The van der Waals surface area contributed by atoms with Gasteiger partial charge in [-0.2, -0.15) is 0 Å². The van der Waals surface area contributed by atoms with Crippen LogP contribution in [-0.4, -0.2) is 111 Å². The van der Waals surface area contributed by atoms with Crippen LogP contribution in [0.15, 0.2) is 11.1 Å². The largest absolute Gasteiger partial charge is 0.393 e. The van der Waals surface area contributed by atoms with Crippen molar-refractivity contribution in [3.63, 3.8) is 0 Å². The second-order valence-electron chi connectivity index (χ2n) is 16.9. The fraction of sp³-hybridized carbons (Fsp3) is 0.884. The van der Waals surface area contributed by atoms with Crippen LogP contribution in [0.4, 0.5) is 0 Å². The molecule has 0 spiro atoms. The highest BCUT2D eigenvalue weighted by atomic mass is 16.6.